The molecule has 10 nitrogen and oxygen atoms in total. The summed E-state index contributed by atoms with van der Waals surface area (Å²) in [4.78, 5) is 43.6. The summed E-state index contributed by atoms with van der Waals surface area (Å²) in [6.45, 7) is 0.639. The molecule has 1 unspecified atom stereocenters. The molecule has 164 valence electrons. The van der Waals surface area contributed by atoms with Gasteiger partial charge in [-0.3, -0.25) is 14.2 Å². The Balaban J connectivity index is 1.61. The normalized spacial score (nSPS) is 16.2. The average Bonchev–Trinajstić information content (AvgIpc) is 3.46. The molecule has 4 aromatic heterocycles. The van der Waals surface area contributed by atoms with Crippen molar-refractivity contribution in [1.82, 2.24) is 34.1 Å². The number of rotatable bonds is 3. The van der Waals surface area contributed by atoms with Gasteiger partial charge in [0.1, 0.15) is 28.7 Å². The molecule has 0 aliphatic carbocycles. The maximum Gasteiger partial charge on any atom is 0.285 e. The highest BCUT2D eigenvalue weighted by Gasteiger charge is 2.34. The first-order valence-corrected chi connectivity index (χ1v) is 10.8. The summed E-state index contributed by atoms with van der Waals surface area (Å²) in [6.07, 6.45) is 5.97. The molecule has 1 fully saturated rings. The van der Waals surface area contributed by atoms with Crippen molar-refractivity contribution in [2.24, 2.45) is 0 Å². The molecule has 0 saturated carbocycles. The van der Waals surface area contributed by atoms with Gasteiger partial charge in [-0.05, 0) is 31.0 Å². The van der Waals surface area contributed by atoms with E-state index < -0.39 is 5.56 Å². The molecular weight excluding hydrogens is 444 g/mol. The summed E-state index contributed by atoms with van der Waals surface area (Å²) < 4.78 is 3.11. The topological polar surface area (TPSA) is 114 Å². The molecule has 6 rings (SSSR count). The van der Waals surface area contributed by atoms with Crippen molar-refractivity contribution in [2.45, 2.75) is 18.9 Å². The molecule has 1 aliphatic rings. The van der Waals surface area contributed by atoms with E-state index in [9.17, 15) is 9.59 Å². The zero-order valence-electron chi connectivity index (χ0n) is 17.2. The average molecular weight is 461 g/mol. The third-order valence-corrected chi connectivity index (χ3v) is 6.23. The van der Waals surface area contributed by atoms with E-state index in [2.05, 4.69) is 19.9 Å². The molecule has 33 heavy (non-hydrogen) atoms. The van der Waals surface area contributed by atoms with Gasteiger partial charge in [-0.25, -0.2) is 14.5 Å². The van der Waals surface area contributed by atoms with E-state index in [1.807, 2.05) is 35.2 Å². The fourth-order valence-electron chi connectivity index (χ4n) is 4.50. The van der Waals surface area contributed by atoms with Gasteiger partial charge in [-0.1, -0.05) is 29.8 Å². The third-order valence-electron chi connectivity index (χ3n) is 5.92. The van der Waals surface area contributed by atoms with Crippen LogP contribution < -0.4 is 16.0 Å². The lowest BCUT2D eigenvalue weighted by atomic mass is 10.2. The molecule has 1 saturated heterocycles. The standard InChI is InChI=1S/C22H17ClN8O2/c23-14-8-10-30-17(14)22(33)31(13-5-2-1-3-6-13)19(28-30)15-7-4-9-29(15)20-16-18(24-11-26-20)25-12-27-21(16)32/h1-3,5-6,8,10-12,15H,4,7,9H2,(H,24,25,26,27,32). The summed E-state index contributed by atoms with van der Waals surface area (Å²) in [6, 6.07) is 10.7. The van der Waals surface area contributed by atoms with Gasteiger partial charge in [0.05, 0.1) is 23.1 Å². The fourth-order valence-corrected chi connectivity index (χ4v) is 4.72. The SMILES string of the molecule is O=c1nc[nH]c2ncnc(N3CCCC3c3nn4ccc(Cl)c4c(=O)n3-c3ccccc3)c12. The number of benzene rings is 1. The lowest BCUT2D eigenvalue weighted by Crippen LogP contribution is -2.33. The number of H-pyrrole nitrogens is 1. The first kappa shape index (κ1) is 19.6. The monoisotopic (exact) mass is 460 g/mol. The van der Waals surface area contributed by atoms with E-state index in [0.717, 1.165) is 12.8 Å². The van der Waals surface area contributed by atoms with Crippen molar-refractivity contribution in [3.8, 4) is 5.69 Å². The van der Waals surface area contributed by atoms with Crippen LogP contribution in [0.1, 0.15) is 24.7 Å². The molecule has 1 atom stereocenters. The number of nitrogens with zero attached hydrogens (tertiary/aromatic N) is 7. The van der Waals surface area contributed by atoms with Gasteiger partial charge in [0.2, 0.25) is 0 Å². The van der Waals surface area contributed by atoms with Gasteiger partial charge >= 0.3 is 0 Å². The van der Waals surface area contributed by atoms with Gasteiger partial charge in [0.15, 0.2) is 5.82 Å². The predicted octanol–water partition coefficient (Wildman–Crippen LogP) is 2.51. The zero-order chi connectivity index (χ0) is 22.5. The quantitative estimate of drug-likeness (QED) is 0.440. The summed E-state index contributed by atoms with van der Waals surface area (Å²) in [5.74, 6) is 1.01. The lowest BCUT2D eigenvalue weighted by molar-refractivity contribution is 0.602. The maximum absolute atomic E-state index is 13.6. The Hall–Kier alpha value is -4.05. The molecule has 5 heterocycles. The second-order valence-corrected chi connectivity index (χ2v) is 8.18. The van der Waals surface area contributed by atoms with Gasteiger partial charge < -0.3 is 9.88 Å². The summed E-state index contributed by atoms with van der Waals surface area (Å²) >= 11 is 6.31. The molecule has 1 N–H and O–H groups in total. The minimum atomic E-state index is -0.411. The summed E-state index contributed by atoms with van der Waals surface area (Å²) in [7, 11) is 0. The van der Waals surface area contributed by atoms with Crippen LogP contribution in [0.2, 0.25) is 5.02 Å². The van der Waals surface area contributed by atoms with E-state index >= 15 is 0 Å². The predicted molar refractivity (Wildman–Crippen MR) is 123 cm³/mol. The van der Waals surface area contributed by atoms with Gasteiger partial charge in [-0.15, -0.1) is 0 Å². The number of hydrogen-bond acceptors (Lipinski definition) is 7. The van der Waals surface area contributed by atoms with Crippen LogP contribution >= 0.6 is 11.6 Å². The van der Waals surface area contributed by atoms with Gasteiger partial charge in [0, 0.05) is 12.7 Å². The second kappa shape index (κ2) is 7.52. The summed E-state index contributed by atoms with van der Waals surface area (Å²) in [5.41, 5.74) is 0.725. The first-order chi connectivity index (χ1) is 16.1. The van der Waals surface area contributed by atoms with Gasteiger partial charge in [-0.2, -0.15) is 10.1 Å². The van der Waals surface area contributed by atoms with Crippen LogP contribution in [0, 0.1) is 0 Å². The molecular formula is C22H17ClN8O2. The highest BCUT2D eigenvalue weighted by Crippen LogP contribution is 2.36. The molecule has 0 amide bonds. The highest BCUT2D eigenvalue weighted by molar-refractivity contribution is 6.33. The molecule has 11 heteroatoms. The van der Waals surface area contributed by atoms with Crippen LogP contribution in [-0.2, 0) is 0 Å². The van der Waals surface area contributed by atoms with E-state index in [1.165, 1.54) is 17.2 Å². The Bertz CT molecular complexity index is 1620. The highest BCUT2D eigenvalue weighted by atomic mass is 35.5. The first-order valence-electron chi connectivity index (χ1n) is 10.4. The largest absolute Gasteiger partial charge is 0.345 e. The smallest absolute Gasteiger partial charge is 0.285 e. The number of fused-ring (bicyclic) bond motifs is 2. The Morgan fingerprint density at radius 1 is 1.06 bits per heavy atom. The Labute approximate surface area is 191 Å². The number of aromatic nitrogens is 7. The fraction of sp³-hybridized carbons (Fsp3) is 0.182. The minimum Gasteiger partial charge on any atom is -0.345 e. The molecule has 0 spiro atoms. The van der Waals surface area contributed by atoms with Crippen LogP contribution in [-0.4, -0.2) is 40.7 Å². The number of halogens is 1. The maximum atomic E-state index is 13.6. The van der Waals surface area contributed by atoms with Gasteiger partial charge in [0.25, 0.3) is 11.1 Å². The molecule has 1 aliphatic heterocycles. The number of anilines is 1. The van der Waals surface area contributed by atoms with Crippen LogP contribution in [0.15, 0.2) is 64.8 Å². The van der Waals surface area contributed by atoms with Crippen molar-refractivity contribution in [3.63, 3.8) is 0 Å². The van der Waals surface area contributed by atoms with E-state index in [0.29, 0.717) is 45.4 Å². The van der Waals surface area contributed by atoms with Crippen molar-refractivity contribution in [2.75, 3.05) is 11.4 Å². The second-order valence-electron chi connectivity index (χ2n) is 7.77. The van der Waals surface area contributed by atoms with Crippen LogP contribution in [0.4, 0.5) is 5.82 Å². The van der Waals surface area contributed by atoms with Crippen molar-refractivity contribution >= 4 is 34.0 Å². The van der Waals surface area contributed by atoms with Crippen LogP contribution in [0.25, 0.3) is 22.2 Å². The number of para-hydroxylation sites is 1. The number of nitrogens with one attached hydrogen (secondary N) is 1. The number of hydrogen-bond donors (Lipinski definition) is 1. The Kier molecular flexibility index (Phi) is 4.47. The minimum absolute atomic E-state index is 0.264. The zero-order valence-corrected chi connectivity index (χ0v) is 18.0. The van der Waals surface area contributed by atoms with Crippen LogP contribution in [0.5, 0.6) is 0 Å². The van der Waals surface area contributed by atoms with Crippen molar-refractivity contribution in [1.29, 1.82) is 0 Å². The lowest BCUT2D eigenvalue weighted by Gasteiger charge is -2.27. The number of aromatic amines is 1. The molecule has 1 aromatic carbocycles. The Morgan fingerprint density at radius 2 is 1.91 bits per heavy atom. The van der Waals surface area contributed by atoms with Crippen molar-refractivity contribution < 1.29 is 0 Å². The molecule has 5 aromatic rings. The Morgan fingerprint density at radius 3 is 2.76 bits per heavy atom. The van der Waals surface area contributed by atoms with E-state index in [4.69, 9.17) is 16.7 Å². The van der Waals surface area contributed by atoms with Crippen molar-refractivity contribution in [3.05, 3.63) is 86.8 Å². The van der Waals surface area contributed by atoms with Crippen LogP contribution in [0.3, 0.4) is 0 Å². The molecule has 0 bridgehead atoms. The van der Waals surface area contributed by atoms with E-state index in [-0.39, 0.29) is 11.6 Å². The molecule has 0 radical (unpaired) electrons. The van der Waals surface area contributed by atoms with E-state index in [1.54, 1.807) is 16.8 Å². The third kappa shape index (κ3) is 3.02. The summed E-state index contributed by atoms with van der Waals surface area (Å²) in [5, 5.41) is 5.45.